The number of sulfonamides is 1. The molecule has 0 radical (unpaired) electrons. The second kappa shape index (κ2) is 5.70. The molecule has 1 aromatic rings. The van der Waals surface area contributed by atoms with Crippen LogP contribution in [0.1, 0.15) is 13.8 Å². The number of pyridine rings is 1. The molecule has 0 fully saturated rings. The number of nitrogens with one attached hydrogen (secondary N) is 1. The van der Waals surface area contributed by atoms with Crippen molar-refractivity contribution in [2.45, 2.75) is 18.7 Å². The first kappa shape index (κ1) is 14.3. The van der Waals surface area contributed by atoms with Crippen molar-refractivity contribution in [3.8, 4) is 0 Å². The van der Waals surface area contributed by atoms with Crippen molar-refractivity contribution in [3.63, 3.8) is 0 Å². The van der Waals surface area contributed by atoms with Crippen molar-refractivity contribution in [1.82, 2.24) is 9.71 Å². The second-order valence-electron chi connectivity index (χ2n) is 3.78. The molecule has 0 aliphatic carbocycles. The standard InChI is InChI=1S/C10H13BrN2O3S/c1-7(2)10(14)6-13-17(15,16)9-3-8(11)4-12-5-9/h3-5,7,13H,6H2,1-2H3. The van der Waals surface area contributed by atoms with Crippen LogP contribution in [-0.4, -0.2) is 25.7 Å². The van der Waals surface area contributed by atoms with E-state index in [0.29, 0.717) is 4.47 Å². The van der Waals surface area contributed by atoms with Gasteiger partial charge in [-0.05, 0) is 22.0 Å². The van der Waals surface area contributed by atoms with Crippen LogP contribution >= 0.6 is 15.9 Å². The number of hydrogen-bond donors (Lipinski definition) is 1. The van der Waals surface area contributed by atoms with E-state index >= 15 is 0 Å². The van der Waals surface area contributed by atoms with Crippen LogP contribution in [0, 0.1) is 5.92 Å². The number of hydrogen-bond acceptors (Lipinski definition) is 4. The van der Waals surface area contributed by atoms with Crippen LogP contribution in [-0.2, 0) is 14.8 Å². The molecule has 17 heavy (non-hydrogen) atoms. The quantitative estimate of drug-likeness (QED) is 0.888. The number of nitrogens with zero attached hydrogens (tertiary/aromatic N) is 1. The van der Waals surface area contributed by atoms with Gasteiger partial charge in [-0.2, -0.15) is 0 Å². The number of ketones is 1. The first-order valence-electron chi connectivity index (χ1n) is 4.96. The summed E-state index contributed by atoms with van der Waals surface area (Å²) in [5, 5.41) is 0. The lowest BCUT2D eigenvalue weighted by Gasteiger charge is -2.07. The highest BCUT2D eigenvalue weighted by Gasteiger charge is 2.17. The zero-order valence-electron chi connectivity index (χ0n) is 9.47. The highest BCUT2D eigenvalue weighted by atomic mass is 79.9. The normalized spacial score (nSPS) is 11.8. The Balaban J connectivity index is 2.80. The molecule has 0 aliphatic rings. The summed E-state index contributed by atoms with van der Waals surface area (Å²) in [7, 11) is -3.67. The molecule has 1 rings (SSSR count). The van der Waals surface area contributed by atoms with Crippen LogP contribution in [0.4, 0.5) is 0 Å². The molecule has 0 aliphatic heterocycles. The predicted octanol–water partition coefficient (Wildman–Crippen LogP) is 1.35. The monoisotopic (exact) mass is 320 g/mol. The Morgan fingerprint density at radius 2 is 2.12 bits per heavy atom. The molecule has 1 aromatic heterocycles. The van der Waals surface area contributed by atoms with Crippen molar-refractivity contribution in [3.05, 3.63) is 22.9 Å². The number of carbonyl (C=O) groups excluding carboxylic acids is 1. The average Bonchev–Trinajstić information content (AvgIpc) is 2.26. The fraction of sp³-hybridized carbons (Fsp3) is 0.400. The molecular formula is C10H13BrN2O3S. The third kappa shape index (κ3) is 4.18. The second-order valence-corrected chi connectivity index (χ2v) is 6.47. The molecule has 0 unspecified atom stereocenters. The summed E-state index contributed by atoms with van der Waals surface area (Å²) in [6.07, 6.45) is 2.71. The number of aromatic nitrogens is 1. The summed E-state index contributed by atoms with van der Waals surface area (Å²) in [6.45, 7) is 3.24. The van der Waals surface area contributed by atoms with Gasteiger partial charge in [0.25, 0.3) is 0 Å². The van der Waals surface area contributed by atoms with Gasteiger partial charge in [-0.1, -0.05) is 13.8 Å². The molecule has 0 aromatic carbocycles. The minimum atomic E-state index is -3.67. The fourth-order valence-electron chi connectivity index (χ4n) is 0.993. The Labute approximate surface area is 109 Å². The Morgan fingerprint density at radius 3 is 2.65 bits per heavy atom. The zero-order valence-corrected chi connectivity index (χ0v) is 11.9. The van der Waals surface area contributed by atoms with E-state index in [2.05, 4.69) is 25.6 Å². The lowest BCUT2D eigenvalue weighted by molar-refractivity contribution is -0.120. The van der Waals surface area contributed by atoms with Crippen molar-refractivity contribution >= 4 is 31.7 Å². The third-order valence-corrected chi connectivity index (χ3v) is 3.87. The minimum Gasteiger partial charge on any atom is -0.298 e. The van der Waals surface area contributed by atoms with E-state index in [0.717, 1.165) is 0 Å². The molecule has 94 valence electrons. The average molecular weight is 321 g/mol. The summed E-state index contributed by atoms with van der Waals surface area (Å²) in [4.78, 5) is 15.1. The maximum absolute atomic E-state index is 11.8. The zero-order chi connectivity index (χ0) is 13.1. The molecule has 0 atom stereocenters. The predicted molar refractivity (Wildman–Crippen MR) is 67.0 cm³/mol. The van der Waals surface area contributed by atoms with E-state index in [1.807, 2.05) is 0 Å². The topological polar surface area (TPSA) is 76.1 Å². The summed E-state index contributed by atoms with van der Waals surface area (Å²) in [5.41, 5.74) is 0. The van der Waals surface area contributed by atoms with Crippen molar-refractivity contribution in [2.75, 3.05) is 6.54 Å². The summed E-state index contributed by atoms with van der Waals surface area (Å²) in [6, 6.07) is 1.43. The molecule has 0 saturated heterocycles. The third-order valence-electron chi connectivity index (χ3n) is 2.07. The highest BCUT2D eigenvalue weighted by Crippen LogP contribution is 2.13. The minimum absolute atomic E-state index is 0.0310. The van der Waals surface area contributed by atoms with Gasteiger partial charge in [0.05, 0.1) is 6.54 Å². The molecular weight excluding hydrogens is 308 g/mol. The van der Waals surface area contributed by atoms with E-state index < -0.39 is 10.0 Å². The van der Waals surface area contributed by atoms with Crippen LogP contribution in [0.5, 0.6) is 0 Å². The number of halogens is 1. The molecule has 1 heterocycles. The molecule has 0 amide bonds. The first-order chi connectivity index (χ1) is 7.83. The molecule has 7 heteroatoms. The van der Waals surface area contributed by atoms with Gasteiger partial charge in [-0.25, -0.2) is 13.1 Å². The van der Waals surface area contributed by atoms with E-state index in [9.17, 15) is 13.2 Å². The van der Waals surface area contributed by atoms with E-state index in [1.165, 1.54) is 18.5 Å². The van der Waals surface area contributed by atoms with Crippen LogP contribution < -0.4 is 4.72 Å². The van der Waals surface area contributed by atoms with E-state index in [-0.39, 0.29) is 23.1 Å². The van der Waals surface area contributed by atoms with Gasteiger partial charge in [-0.3, -0.25) is 9.78 Å². The first-order valence-corrected chi connectivity index (χ1v) is 7.23. The van der Waals surface area contributed by atoms with Crippen LogP contribution in [0.25, 0.3) is 0 Å². The van der Waals surface area contributed by atoms with Gasteiger partial charge in [0.15, 0.2) is 0 Å². The van der Waals surface area contributed by atoms with Crippen molar-refractivity contribution < 1.29 is 13.2 Å². The summed E-state index contributed by atoms with van der Waals surface area (Å²) >= 11 is 3.14. The smallest absolute Gasteiger partial charge is 0.242 e. The van der Waals surface area contributed by atoms with Crippen LogP contribution in [0.2, 0.25) is 0 Å². The SMILES string of the molecule is CC(C)C(=O)CNS(=O)(=O)c1cncc(Br)c1. The number of Topliss-reactive ketones (excluding diaryl/α,β-unsaturated/α-hetero) is 1. The van der Waals surface area contributed by atoms with E-state index in [4.69, 9.17) is 0 Å². The van der Waals surface area contributed by atoms with E-state index in [1.54, 1.807) is 13.8 Å². The highest BCUT2D eigenvalue weighted by molar-refractivity contribution is 9.10. The lowest BCUT2D eigenvalue weighted by atomic mass is 10.1. The Hall–Kier alpha value is -0.790. The Kier molecular flexibility index (Phi) is 4.79. The maximum Gasteiger partial charge on any atom is 0.242 e. The molecule has 0 saturated carbocycles. The number of carbonyl (C=O) groups is 1. The maximum atomic E-state index is 11.8. The summed E-state index contributed by atoms with van der Waals surface area (Å²) < 4.78 is 26.4. The molecule has 0 spiro atoms. The Bertz CT molecular complexity index is 514. The van der Waals surface area contributed by atoms with Crippen LogP contribution in [0.15, 0.2) is 27.8 Å². The van der Waals surface area contributed by atoms with Crippen molar-refractivity contribution in [2.24, 2.45) is 5.92 Å². The Morgan fingerprint density at radius 1 is 1.47 bits per heavy atom. The van der Waals surface area contributed by atoms with Gasteiger partial charge in [0.1, 0.15) is 10.7 Å². The fourth-order valence-corrected chi connectivity index (χ4v) is 2.49. The molecule has 0 bridgehead atoms. The van der Waals surface area contributed by atoms with Gasteiger partial charge in [-0.15, -0.1) is 0 Å². The largest absolute Gasteiger partial charge is 0.298 e. The summed E-state index contributed by atoms with van der Waals surface area (Å²) in [5.74, 6) is -0.352. The van der Waals surface area contributed by atoms with Gasteiger partial charge < -0.3 is 0 Å². The van der Waals surface area contributed by atoms with Crippen LogP contribution in [0.3, 0.4) is 0 Å². The van der Waals surface area contributed by atoms with Gasteiger partial charge in [0, 0.05) is 22.8 Å². The van der Waals surface area contributed by atoms with Gasteiger partial charge in [0.2, 0.25) is 10.0 Å². The molecule has 5 nitrogen and oxygen atoms in total. The number of rotatable bonds is 5. The van der Waals surface area contributed by atoms with Crippen molar-refractivity contribution in [1.29, 1.82) is 0 Å². The molecule has 1 N–H and O–H groups in total. The van der Waals surface area contributed by atoms with Gasteiger partial charge >= 0.3 is 0 Å². The lowest BCUT2D eigenvalue weighted by Crippen LogP contribution is -2.31.